The maximum atomic E-state index is 15.7. The Kier molecular flexibility index (Phi) is 5.61. The fourth-order valence-corrected chi connectivity index (χ4v) is 4.57. The first-order chi connectivity index (χ1) is 18.3. The first kappa shape index (κ1) is 23.7. The van der Waals surface area contributed by atoms with Gasteiger partial charge in [0.2, 0.25) is 10.0 Å². The molecule has 0 atom stereocenters. The van der Waals surface area contributed by atoms with Gasteiger partial charge in [0.05, 0.1) is 11.6 Å². The highest BCUT2D eigenvalue weighted by molar-refractivity contribution is 7.88. The van der Waals surface area contributed by atoms with Crippen molar-refractivity contribution < 1.29 is 17.2 Å². The van der Waals surface area contributed by atoms with Crippen LogP contribution in [-0.4, -0.2) is 54.8 Å². The number of fused-ring (bicyclic) bond motifs is 2. The van der Waals surface area contributed by atoms with Gasteiger partial charge < -0.3 is 4.98 Å². The van der Waals surface area contributed by atoms with Gasteiger partial charge in [-0.05, 0) is 35.4 Å². The summed E-state index contributed by atoms with van der Waals surface area (Å²) in [6.07, 6.45) is 8.23. The summed E-state index contributed by atoms with van der Waals surface area (Å²) in [5.74, 6) is -0.892. The van der Waals surface area contributed by atoms with E-state index in [-0.39, 0.29) is 34.7 Å². The molecule has 0 aliphatic heterocycles. The molecular weight excluding hydrogens is 516 g/mol. The average molecular weight is 534 g/mol. The number of rotatable bonds is 6. The molecule has 1 aromatic carbocycles. The summed E-state index contributed by atoms with van der Waals surface area (Å²) in [4.78, 5) is 24.1. The Morgan fingerprint density at radius 1 is 0.974 bits per heavy atom. The minimum Gasteiger partial charge on any atom is -0.321 e. The molecule has 3 N–H and O–H groups in total. The Morgan fingerprint density at radius 3 is 2.58 bits per heavy atom. The number of halogens is 2. The molecule has 5 aromatic heterocycles. The van der Waals surface area contributed by atoms with Crippen molar-refractivity contribution >= 4 is 32.2 Å². The molecule has 0 aliphatic rings. The maximum absolute atomic E-state index is 15.7. The lowest BCUT2D eigenvalue weighted by Crippen LogP contribution is -2.21. The molecule has 14 heteroatoms. The highest BCUT2D eigenvalue weighted by atomic mass is 32.2. The van der Waals surface area contributed by atoms with Crippen LogP contribution in [-0.2, 0) is 16.6 Å². The van der Waals surface area contributed by atoms with Crippen LogP contribution in [0.4, 0.5) is 8.78 Å². The predicted molar refractivity (Wildman–Crippen MR) is 135 cm³/mol. The highest BCUT2D eigenvalue weighted by Gasteiger charge is 2.21. The van der Waals surface area contributed by atoms with E-state index in [4.69, 9.17) is 0 Å². The molecule has 0 saturated carbocycles. The number of nitrogens with zero attached hydrogens (tertiary/aromatic N) is 6. The summed E-state index contributed by atoms with van der Waals surface area (Å²) in [6, 6.07) is 5.88. The fraction of sp³-hybridized carbons (Fsp3) is 0.0833. The highest BCUT2D eigenvalue weighted by Crippen LogP contribution is 2.34. The number of imidazole rings is 1. The summed E-state index contributed by atoms with van der Waals surface area (Å²) < 4.78 is 55.5. The monoisotopic (exact) mass is 533 g/mol. The average Bonchev–Trinajstić information content (AvgIpc) is 3.52. The van der Waals surface area contributed by atoms with E-state index in [2.05, 4.69) is 44.8 Å². The number of sulfonamides is 1. The van der Waals surface area contributed by atoms with E-state index in [0.29, 0.717) is 33.4 Å². The molecule has 0 spiro atoms. The molecule has 6 aromatic rings. The lowest BCUT2D eigenvalue weighted by molar-refractivity contribution is 0.586. The standard InChI is InChI=1S/C24H17F2N9O2S/c1-38(36,37)31-7-12-4-13(6-15(25)5-12)16-2-3-29-23-20(16)32-24(33-23)21-18-19(26)17(10-30-22(18)35-34-21)14-8-27-11-28-9-14/h2-6,8-11,31H,7H2,1H3,(H,29,32,33)(H,30,34,35). The third-order valence-electron chi connectivity index (χ3n) is 5.81. The zero-order chi connectivity index (χ0) is 26.4. The SMILES string of the molecule is CS(=O)(=O)NCc1cc(F)cc(-c2ccnc3[nH]c(-c4n[nH]c5ncc(-c6cncnc6)c(F)c45)nc23)c1. The van der Waals surface area contributed by atoms with Crippen molar-refractivity contribution in [1.29, 1.82) is 0 Å². The Labute approximate surface area is 213 Å². The topological polar surface area (TPSA) is 155 Å². The lowest BCUT2D eigenvalue weighted by atomic mass is 10.0. The second-order valence-electron chi connectivity index (χ2n) is 8.49. The normalized spacial score (nSPS) is 12.0. The van der Waals surface area contributed by atoms with E-state index in [1.165, 1.54) is 43.2 Å². The number of H-pyrrole nitrogens is 2. The molecule has 0 bridgehead atoms. The van der Waals surface area contributed by atoms with Gasteiger partial charge in [0, 0.05) is 48.0 Å². The summed E-state index contributed by atoms with van der Waals surface area (Å²) in [7, 11) is -3.46. The Bertz CT molecular complexity index is 1940. The molecule has 38 heavy (non-hydrogen) atoms. The van der Waals surface area contributed by atoms with Crippen molar-refractivity contribution in [2.45, 2.75) is 6.54 Å². The molecule has 0 aliphatic carbocycles. The van der Waals surface area contributed by atoms with E-state index in [9.17, 15) is 12.8 Å². The molecule has 0 radical (unpaired) electrons. The second kappa shape index (κ2) is 9.00. The molecule has 0 amide bonds. The van der Waals surface area contributed by atoms with Gasteiger partial charge in [-0.1, -0.05) is 0 Å². The number of nitrogens with one attached hydrogen (secondary N) is 3. The first-order valence-corrected chi connectivity index (χ1v) is 13.0. The lowest BCUT2D eigenvalue weighted by Gasteiger charge is -2.07. The van der Waals surface area contributed by atoms with Crippen LogP contribution < -0.4 is 4.72 Å². The van der Waals surface area contributed by atoms with E-state index >= 15 is 4.39 Å². The van der Waals surface area contributed by atoms with Crippen molar-refractivity contribution in [2.75, 3.05) is 6.26 Å². The number of hydrogen-bond donors (Lipinski definition) is 3. The molecule has 190 valence electrons. The van der Waals surface area contributed by atoms with Crippen molar-refractivity contribution in [2.24, 2.45) is 0 Å². The number of aromatic nitrogens is 8. The van der Waals surface area contributed by atoms with Gasteiger partial charge >= 0.3 is 0 Å². The largest absolute Gasteiger partial charge is 0.321 e. The van der Waals surface area contributed by atoms with Crippen LogP contribution >= 0.6 is 0 Å². The van der Waals surface area contributed by atoms with Crippen molar-refractivity contribution in [3.8, 4) is 33.8 Å². The van der Waals surface area contributed by atoms with Gasteiger partial charge in [-0.25, -0.2) is 46.8 Å². The Hall–Kier alpha value is -4.69. The van der Waals surface area contributed by atoms with Crippen LogP contribution in [0.25, 0.3) is 56.0 Å². The second-order valence-corrected chi connectivity index (χ2v) is 10.3. The molecule has 5 heterocycles. The van der Waals surface area contributed by atoms with Crippen LogP contribution in [0.1, 0.15) is 5.56 Å². The Balaban J connectivity index is 1.46. The quantitative estimate of drug-likeness (QED) is 0.294. The molecule has 6 rings (SSSR count). The number of pyridine rings is 2. The Morgan fingerprint density at radius 2 is 1.79 bits per heavy atom. The molecule has 11 nitrogen and oxygen atoms in total. The molecule has 0 saturated heterocycles. The maximum Gasteiger partial charge on any atom is 0.209 e. The van der Waals surface area contributed by atoms with Crippen LogP contribution in [0.5, 0.6) is 0 Å². The predicted octanol–water partition coefficient (Wildman–Crippen LogP) is 3.35. The van der Waals surface area contributed by atoms with Crippen LogP contribution in [0, 0.1) is 11.6 Å². The van der Waals surface area contributed by atoms with Crippen LogP contribution in [0.3, 0.4) is 0 Å². The number of benzene rings is 1. The molecule has 0 unspecified atom stereocenters. The van der Waals surface area contributed by atoms with Crippen LogP contribution in [0.2, 0.25) is 0 Å². The van der Waals surface area contributed by atoms with Gasteiger partial charge in [0.1, 0.15) is 29.2 Å². The summed E-state index contributed by atoms with van der Waals surface area (Å²) in [5.41, 5.74) is 3.25. The van der Waals surface area contributed by atoms with E-state index in [1.54, 1.807) is 12.1 Å². The number of aromatic amines is 2. The zero-order valence-electron chi connectivity index (χ0n) is 19.6. The number of hydrogen-bond acceptors (Lipinski definition) is 8. The minimum absolute atomic E-state index is 0.0794. The van der Waals surface area contributed by atoms with Gasteiger partial charge in [0.25, 0.3) is 0 Å². The van der Waals surface area contributed by atoms with Gasteiger partial charge in [-0.2, -0.15) is 5.10 Å². The third kappa shape index (κ3) is 4.35. The minimum atomic E-state index is -3.46. The third-order valence-corrected chi connectivity index (χ3v) is 6.48. The van der Waals surface area contributed by atoms with Crippen LogP contribution in [0.15, 0.2) is 55.4 Å². The summed E-state index contributed by atoms with van der Waals surface area (Å²) in [6.45, 7) is -0.0794. The zero-order valence-corrected chi connectivity index (χ0v) is 20.4. The van der Waals surface area contributed by atoms with Crippen molar-refractivity contribution in [3.63, 3.8) is 0 Å². The van der Waals surface area contributed by atoms with Gasteiger partial charge in [0.15, 0.2) is 17.1 Å². The smallest absolute Gasteiger partial charge is 0.209 e. The van der Waals surface area contributed by atoms with E-state index < -0.39 is 21.7 Å². The molecular formula is C24H17F2N9O2S. The van der Waals surface area contributed by atoms with Gasteiger partial charge in [-0.15, -0.1) is 0 Å². The van der Waals surface area contributed by atoms with E-state index in [0.717, 1.165) is 6.26 Å². The first-order valence-electron chi connectivity index (χ1n) is 11.1. The van der Waals surface area contributed by atoms with Crippen molar-refractivity contribution in [3.05, 3.63) is 72.6 Å². The van der Waals surface area contributed by atoms with E-state index in [1.807, 2.05) is 0 Å². The van der Waals surface area contributed by atoms with Gasteiger partial charge in [-0.3, -0.25) is 5.10 Å². The summed E-state index contributed by atoms with van der Waals surface area (Å²) in [5, 5.41) is 7.07. The fourth-order valence-electron chi connectivity index (χ4n) is 4.14. The van der Waals surface area contributed by atoms with Crippen molar-refractivity contribution in [1.82, 2.24) is 44.8 Å². The molecule has 0 fully saturated rings. The summed E-state index contributed by atoms with van der Waals surface area (Å²) >= 11 is 0.